The van der Waals surface area contributed by atoms with Crippen LogP contribution in [-0.4, -0.2) is 0 Å². The van der Waals surface area contributed by atoms with E-state index < -0.39 is 0 Å². The predicted molar refractivity (Wildman–Crippen MR) is 41.7 cm³/mol. The Morgan fingerprint density at radius 2 is 1.38 bits per heavy atom. The Balaban J connectivity index is -0.0000000483. The smallest absolute Gasteiger partial charge is 0.00297 e. The lowest BCUT2D eigenvalue weighted by Gasteiger charge is -1.48. The van der Waals surface area contributed by atoms with Gasteiger partial charge in [-0.05, 0) is 6.92 Å². The highest BCUT2D eigenvalue weighted by Gasteiger charge is 1.35. The normalized spacial score (nSPS) is 3.75. The molecule has 48 valence electrons. The van der Waals surface area contributed by atoms with Crippen molar-refractivity contribution < 1.29 is 0 Å². The van der Waals surface area contributed by atoms with Gasteiger partial charge in [-0.25, -0.2) is 0 Å². The van der Waals surface area contributed by atoms with E-state index in [9.17, 15) is 0 Å². The molecule has 0 saturated heterocycles. The maximum absolute atomic E-state index is 4.60. The predicted octanol–water partition coefficient (Wildman–Crippen LogP) is 2.86. The van der Waals surface area contributed by atoms with Gasteiger partial charge >= 0.3 is 0 Å². The van der Waals surface area contributed by atoms with Gasteiger partial charge in [0.2, 0.25) is 0 Å². The van der Waals surface area contributed by atoms with Crippen LogP contribution in [0.1, 0.15) is 27.2 Å². The van der Waals surface area contributed by atoms with Crippen molar-refractivity contribution in [1.29, 1.82) is 0 Å². The zero-order valence-corrected chi connectivity index (χ0v) is 6.20. The van der Waals surface area contributed by atoms with E-state index >= 15 is 0 Å². The van der Waals surface area contributed by atoms with Crippen molar-refractivity contribution >= 4 is 0 Å². The van der Waals surface area contributed by atoms with Crippen LogP contribution in [0.2, 0.25) is 0 Å². The third kappa shape index (κ3) is 200. The molecule has 0 nitrogen and oxygen atoms in total. The van der Waals surface area contributed by atoms with Crippen molar-refractivity contribution in [3.8, 4) is 12.3 Å². The molecule has 0 rings (SSSR count). The second kappa shape index (κ2) is 105. The molecule has 0 radical (unpaired) electrons. The molecule has 0 aliphatic rings. The molecule has 0 unspecified atom stereocenters. The third-order valence-electron chi connectivity index (χ3n) is 0. The molecule has 0 aliphatic carbocycles. The lowest BCUT2D eigenvalue weighted by molar-refractivity contribution is 1.09. The summed E-state index contributed by atoms with van der Waals surface area (Å²) in [5, 5.41) is 0. The second-order valence-electron chi connectivity index (χ2n) is 0.996. The summed E-state index contributed by atoms with van der Waals surface area (Å²) < 4.78 is 0. The van der Waals surface area contributed by atoms with Gasteiger partial charge in [0, 0.05) is 0 Å². The number of rotatable bonds is 0. The zero-order chi connectivity index (χ0) is 7.41. The molecule has 0 spiro atoms. The Hall–Kier alpha value is -0.700. The summed E-state index contributed by atoms with van der Waals surface area (Å²) in [5.74, 6) is 2.25. The highest BCUT2D eigenvalue weighted by Crippen LogP contribution is 1.56. The fourth-order valence-corrected chi connectivity index (χ4v) is 0. The first-order valence-corrected chi connectivity index (χ1v) is 2.70. The average Bonchev–Trinajstić information content (AvgIpc) is 1.75. The number of terminal acetylenes is 1. The lowest BCUT2D eigenvalue weighted by atomic mass is 10.6. The summed E-state index contributed by atoms with van der Waals surface area (Å²) in [6.45, 7) is 11.9. The van der Waals surface area contributed by atoms with Gasteiger partial charge in [0.15, 0.2) is 0 Å². The molecule has 0 aromatic carbocycles. The molecule has 0 heterocycles. The fourth-order valence-electron chi connectivity index (χ4n) is 0. The molecule has 0 bridgehead atoms. The van der Waals surface area contributed by atoms with Crippen LogP contribution in [0.5, 0.6) is 0 Å². The van der Waals surface area contributed by atoms with Gasteiger partial charge in [-0.2, -0.15) is 0 Å². The number of hydrogen-bond donors (Lipinski definition) is 0. The van der Waals surface area contributed by atoms with Crippen molar-refractivity contribution in [2.45, 2.75) is 27.2 Å². The van der Waals surface area contributed by atoms with Gasteiger partial charge in [0.25, 0.3) is 0 Å². The van der Waals surface area contributed by atoms with E-state index in [2.05, 4.69) is 39.3 Å². The van der Waals surface area contributed by atoms with Crippen LogP contribution in [0.25, 0.3) is 0 Å². The van der Waals surface area contributed by atoms with Gasteiger partial charge in [-0.3, -0.25) is 0 Å². The molecule has 0 heteroatoms. The fraction of sp³-hybridized carbons (Fsp3) is 0.500. The molecular formula is C8H16. The summed E-state index contributed by atoms with van der Waals surface area (Å²) in [4.78, 5) is 0. The highest BCUT2D eigenvalue weighted by atomic mass is 13.4. The van der Waals surface area contributed by atoms with Crippen LogP contribution in [0.15, 0.2) is 13.2 Å². The molecule has 0 saturated carbocycles. The summed E-state index contributed by atoms with van der Waals surface area (Å²) in [7, 11) is 0. The van der Waals surface area contributed by atoms with E-state index in [1.54, 1.807) is 6.92 Å². The first-order chi connectivity index (χ1) is 3.83. The molecular weight excluding hydrogens is 96.1 g/mol. The summed E-state index contributed by atoms with van der Waals surface area (Å²) in [5.41, 5.74) is 0. The van der Waals surface area contributed by atoms with E-state index in [1.165, 1.54) is 6.42 Å². The van der Waals surface area contributed by atoms with Crippen LogP contribution >= 0.6 is 0 Å². The van der Waals surface area contributed by atoms with Crippen molar-refractivity contribution in [3.05, 3.63) is 13.2 Å². The van der Waals surface area contributed by atoms with E-state index in [0.29, 0.717) is 0 Å². The molecule has 0 aromatic heterocycles. The van der Waals surface area contributed by atoms with E-state index in [-0.39, 0.29) is 0 Å². The Kier molecular flexibility index (Phi) is 205. The minimum atomic E-state index is 1.25. The highest BCUT2D eigenvalue weighted by molar-refractivity contribution is 4.73. The quantitative estimate of drug-likeness (QED) is 0.334. The minimum absolute atomic E-state index is 1.25. The Labute approximate surface area is 53.6 Å². The third-order valence-corrected chi connectivity index (χ3v) is 0. The summed E-state index contributed by atoms with van der Waals surface area (Å²) in [6.07, 6.45) is 5.85. The van der Waals surface area contributed by atoms with Gasteiger partial charge in [0.1, 0.15) is 0 Å². The first kappa shape index (κ1) is 15.7. The Bertz CT molecular complexity index is 38.5. The molecule has 0 aliphatic heterocycles. The van der Waals surface area contributed by atoms with Gasteiger partial charge in [-0.15, -0.1) is 25.5 Å². The molecule has 0 amide bonds. The zero-order valence-electron chi connectivity index (χ0n) is 6.20. The monoisotopic (exact) mass is 112 g/mol. The molecule has 8 heavy (non-hydrogen) atoms. The van der Waals surface area contributed by atoms with Crippen LogP contribution in [0.4, 0.5) is 0 Å². The van der Waals surface area contributed by atoms with E-state index in [0.717, 1.165) is 0 Å². The van der Waals surface area contributed by atoms with E-state index in [1.807, 2.05) is 0 Å². The minimum Gasteiger partial charge on any atom is -0.120 e. The van der Waals surface area contributed by atoms with Crippen molar-refractivity contribution in [2.24, 2.45) is 0 Å². The summed E-state index contributed by atoms with van der Waals surface area (Å²) >= 11 is 0. The average molecular weight is 112 g/mol. The molecule has 0 N–H and O–H groups in total. The number of hydrogen-bond acceptors (Lipinski definition) is 0. The topological polar surface area (TPSA) is 0 Å². The van der Waals surface area contributed by atoms with Crippen LogP contribution in [-0.2, 0) is 0 Å². The van der Waals surface area contributed by atoms with Gasteiger partial charge in [0.05, 0.1) is 0 Å². The van der Waals surface area contributed by atoms with Crippen LogP contribution < -0.4 is 0 Å². The Morgan fingerprint density at radius 1 is 1.38 bits per heavy atom. The van der Waals surface area contributed by atoms with Gasteiger partial charge < -0.3 is 0 Å². The van der Waals surface area contributed by atoms with Crippen molar-refractivity contribution in [3.63, 3.8) is 0 Å². The SMILES string of the molecule is C#CC.C=C.CCC. The van der Waals surface area contributed by atoms with Crippen LogP contribution in [0, 0.1) is 12.3 Å². The summed E-state index contributed by atoms with van der Waals surface area (Å²) in [6, 6.07) is 0. The largest absolute Gasteiger partial charge is 0.120 e. The maximum Gasteiger partial charge on any atom is -0.00297 e. The van der Waals surface area contributed by atoms with Crippen molar-refractivity contribution in [2.75, 3.05) is 0 Å². The van der Waals surface area contributed by atoms with Crippen molar-refractivity contribution in [1.82, 2.24) is 0 Å². The van der Waals surface area contributed by atoms with Crippen LogP contribution in [0.3, 0.4) is 0 Å². The van der Waals surface area contributed by atoms with E-state index in [4.69, 9.17) is 0 Å². The van der Waals surface area contributed by atoms with Gasteiger partial charge in [-0.1, -0.05) is 20.3 Å². The first-order valence-electron chi connectivity index (χ1n) is 2.70. The molecule has 0 atom stereocenters. The Morgan fingerprint density at radius 3 is 1.38 bits per heavy atom. The maximum atomic E-state index is 4.60. The molecule has 0 fully saturated rings. The standard InChI is InChI=1S/C3H8.C3H4.C2H4/c2*1-3-2;1-2/h3H2,1-2H3;1H,2H3;1-2H2. The lowest BCUT2D eigenvalue weighted by Crippen LogP contribution is -1.27. The molecule has 0 aromatic rings. The second-order valence-corrected chi connectivity index (χ2v) is 0.996.